The third kappa shape index (κ3) is 4.32. The minimum Gasteiger partial charge on any atom is -0.488 e. The molecule has 2 rings (SSSR count). The molecule has 0 unspecified atom stereocenters. The third-order valence-electron chi connectivity index (χ3n) is 3.95. The minimum absolute atomic E-state index is 0.325. The Labute approximate surface area is 148 Å². The molecule has 0 aliphatic heterocycles. The summed E-state index contributed by atoms with van der Waals surface area (Å²) in [5.41, 5.74) is 4.59. The Morgan fingerprint density at radius 3 is 2.50 bits per heavy atom. The summed E-state index contributed by atoms with van der Waals surface area (Å²) < 4.78 is 11.4. The molecule has 3 nitrogen and oxygen atoms in total. The van der Waals surface area contributed by atoms with Gasteiger partial charge in [-0.1, -0.05) is 19.1 Å². The van der Waals surface area contributed by atoms with E-state index in [1.165, 1.54) is 18.1 Å². The van der Waals surface area contributed by atoms with E-state index in [0.29, 0.717) is 12.4 Å². The molecule has 0 aliphatic rings. The predicted octanol–water partition coefficient (Wildman–Crippen LogP) is 5.09. The van der Waals surface area contributed by atoms with Crippen molar-refractivity contribution in [2.45, 2.75) is 45.6 Å². The maximum atomic E-state index is 11.3. The van der Waals surface area contributed by atoms with E-state index in [1.54, 1.807) is 17.8 Å². The minimum atomic E-state index is -0.325. The lowest BCUT2D eigenvalue weighted by atomic mass is 10.0. The summed E-state index contributed by atoms with van der Waals surface area (Å²) in [6.45, 7) is 8.09. The molecule has 0 saturated heterocycles. The lowest BCUT2D eigenvalue weighted by molar-refractivity contribution is -0.131. The highest BCUT2D eigenvalue weighted by Crippen LogP contribution is 2.31. The van der Waals surface area contributed by atoms with Crippen molar-refractivity contribution in [1.82, 2.24) is 0 Å². The summed E-state index contributed by atoms with van der Waals surface area (Å²) in [5, 5.41) is 0. The van der Waals surface area contributed by atoms with Crippen LogP contribution in [0.25, 0.3) is 0 Å². The van der Waals surface area contributed by atoms with Crippen LogP contribution < -0.4 is 9.47 Å². The van der Waals surface area contributed by atoms with E-state index in [2.05, 4.69) is 32.9 Å². The SMILES string of the molecule is CCc1cc(C)c(OCc2c(OC(C)=O)cccc2SC)cc1C. The van der Waals surface area contributed by atoms with E-state index < -0.39 is 0 Å². The molecule has 128 valence electrons. The molecule has 0 aromatic heterocycles. The number of thioether (sulfide) groups is 1. The van der Waals surface area contributed by atoms with Crippen LogP contribution in [0.5, 0.6) is 11.5 Å². The fourth-order valence-corrected chi connectivity index (χ4v) is 3.29. The molecule has 0 atom stereocenters. The van der Waals surface area contributed by atoms with Crippen LogP contribution in [0.15, 0.2) is 35.2 Å². The first kappa shape index (κ1) is 18.4. The molecule has 0 radical (unpaired) electrons. The molecule has 0 spiro atoms. The number of carbonyl (C=O) groups excluding carboxylic acids is 1. The quantitative estimate of drug-likeness (QED) is 0.415. The fourth-order valence-electron chi connectivity index (χ4n) is 2.67. The van der Waals surface area contributed by atoms with Crippen molar-refractivity contribution in [3.8, 4) is 11.5 Å². The lowest BCUT2D eigenvalue weighted by Gasteiger charge is -2.16. The summed E-state index contributed by atoms with van der Waals surface area (Å²) in [5.74, 6) is 1.11. The van der Waals surface area contributed by atoms with Gasteiger partial charge >= 0.3 is 5.97 Å². The lowest BCUT2D eigenvalue weighted by Crippen LogP contribution is -2.07. The molecular weight excluding hydrogens is 320 g/mol. The normalized spacial score (nSPS) is 10.5. The molecule has 0 heterocycles. The molecule has 0 amide bonds. The Hall–Kier alpha value is -1.94. The van der Waals surface area contributed by atoms with Gasteiger partial charge in [0.1, 0.15) is 18.1 Å². The van der Waals surface area contributed by atoms with Crippen molar-refractivity contribution in [1.29, 1.82) is 0 Å². The molecule has 24 heavy (non-hydrogen) atoms. The van der Waals surface area contributed by atoms with Crippen LogP contribution in [0.3, 0.4) is 0 Å². The van der Waals surface area contributed by atoms with Crippen LogP contribution in [0.2, 0.25) is 0 Å². The Morgan fingerprint density at radius 1 is 1.12 bits per heavy atom. The van der Waals surface area contributed by atoms with Crippen molar-refractivity contribution in [2.75, 3.05) is 6.26 Å². The summed E-state index contributed by atoms with van der Waals surface area (Å²) in [6.07, 6.45) is 3.01. The topological polar surface area (TPSA) is 35.5 Å². The van der Waals surface area contributed by atoms with Crippen LogP contribution in [0, 0.1) is 13.8 Å². The second kappa shape index (κ2) is 8.25. The number of aryl methyl sites for hydroxylation is 3. The molecule has 0 fully saturated rings. The first-order valence-electron chi connectivity index (χ1n) is 8.03. The fraction of sp³-hybridized carbons (Fsp3) is 0.350. The van der Waals surface area contributed by atoms with E-state index in [9.17, 15) is 4.79 Å². The second-order valence-corrected chi connectivity index (χ2v) is 6.57. The predicted molar refractivity (Wildman–Crippen MR) is 99.2 cm³/mol. The highest BCUT2D eigenvalue weighted by molar-refractivity contribution is 7.98. The van der Waals surface area contributed by atoms with Gasteiger partial charge in [0.05, 0.1) is 0 Å². The van der Waals surface area contributed by atoms with E-state index in [0.717, 1.165) is 28.2 Å². The standard InChI is InChI=1S/C20H24O3S/c1-6-16-10-14(3)19(11-13(16)2)22-12-17-18(23-15(4)21)8-7-9-20(17)24-5/h7-11H,6,12H2,1-5H3. The number of rotatable bonds is 6. The number of hydrogen-bond donors (Lipinski definition) is 0. The Bertz CT molecular complexity index is 738. The van der Waals surface area contributed by atoms with Gasteiger partial charge in [-0.3, -0.25) is 4.79 Å². The molecule has 0 aliphatic carbocycles. The zero-order chi connectivity index (χ0) is 17.7. The van der Waals surface area contributed by atoms with Crippen LogP contribution in [0.1, 0.15) is 36.1 Å². The van der Waals surface area contributed by atoms with Crippen molar-refractivity contribution in [2.24, 2.45) is 0 Å². The van der Waals surface area contributed by atoms with Crippen LogP contribution in [-0.2, 0) is 17.8 Å². The number of esters is 1. The van der Waals surface area contributed by atoms with Gasteiger partial charge < -0.3 is 9.47 Å². The molecule has 2 aromatic rings. The first-order chi connectivity index (χ1) is 11.5. The van der Waals surface area contributed by atoms with Crippen LogP contribution in [0.4, 0.5) is 0 Å². The van der Waals surface area contributed by atoms with Gasteiger partial charge in [-0.2, -0.15) is 0 Å². The van der Waals surface area contributed by atoms with Gasteiger partial charge in [0.25, 0.3) is 0 Å². The van der Waals surface area contributed by atoms with Crippen LogP contribution >= 0.6 is 11.8 Å². The number of carbonyl (C=O) groups is 1. The van der Waals surface area contributed by atoms with Crippen molar-refractivity contribution in [3.63, 3.8) is 0 Å². The summed E-state index contributed by atoms with van der Waals surface area (Å²) in [7, 11) is 0. The van der Waals surface area contributed by atoms with Gasteiger partial charge in [-0.05, 0) is 61.4 Å². The van der Waals surface area contributed by atoms with Crippen molar-refractivity contribution in [3.05, 3.63) is 52.6 Å². The maximum Gasteiger partial charge on any atom is 0.308 e. The molecule has 2 aromatic carbocycles. The van der Waals surface area contributed by atoms with E-state index in [-0.39, 0.29) is 5.97 Å². The second-order valence-electron chi connectivity index (χ2n) is 5.72. The van der Waals surface area contributed by atoms with Gasteiger partial charge in [-0.15, -0.1) is 11.8 Å². The average Bonchev–Trinajstić information content (AvgIpc) is 2.55. The number of ether oxygens (including phenoxy) is 2. The van der Waals surface area contributed by atoms with Gasteiger partial charge in [0.15, 0.2) is 0 Å². The summed E-state index contributed by atoms with van der Waals surface area (Å²) in [4.78, 5) is 12.4. The largest absolute Gasteiger partial charge is 0.488 e. The van der Waals surface area contributed by atoms with Crippen LogP contribution in [-0.4, -0.2) is 12.2 Å². The Balaban J connectivity index is 2.28. The van der Waals surface area contributed by atoms with E-state index >= 15 is 0 Å². The molecular formula is C20H24O3S. The summed E-state index contributed by atoms with van der Waals surface area (Å²) in [6, 6.07) is 9.96. The average molecular weight is 344 g/mol. The van der Waals surface area contributed by atoms with Crippen molar-refractivity contribution < 1.29 is 14.3 Å². The molecule has 0 N–H and O–H groups in total. The monoisotopic (exact) mass is 344 g/mol. The van der Waals surface area contributed by atoms with Gasteiger partial charge in [-0.25, -0.2) is 0 Å². The zero-order valence-electron chi connectivity index (χ0n) is 14.9. The zero-order valence-corrected chi connectivity index (χ0v) is 15.8. The first-order valence-corrected chi connectivity index (χ1v) is 9.26. The summed E-state index contributed by atoms with van der Waals surface area (Å²) >= 11 is 1.61. The molecule has 0 bridgehead atoms. The molecule has 4 heteroatoms. The highest BCUT2D eigenvalue weighted by Gasteiger charge is 2.13. The van der Waals surface area contributed by atoms with Gasteiger partial charge in [0.2, 0.25) is 0 Å². The number of hydrogen-bond acceptors (Lipinski definition) is 4. The third-order valence-corrected chi connectivity index (χ3v) is 4.77. The van der Waals surface area contributed by atoms with Crippen molar-refractivity contribution >= 4 is 17.7 Å². The Kier molecular flexibility index (Phi) is 6.32. The van der Waals surface area contributed by atoms with Gasteiger partial charge in [0, 0.05) is 17.4 Å². The number of benzene rings is 2. The maximum absolute atomic E-state index is 11.3. The van der Waals surface area contributed by atoms with E-state index in [1.807, 2.05) is 18.4 Å². The Morgan fingerprint density at radius 2 is 1.88 bits per heavy atom. The highest BCUT2D eigenvalue weighted by atomic mass is 32.2. The molecule has 0 saturated carbocycles. The smallest absolute Gasteiger partial charge is 0.308 e. The van der Waals surface area contributed by atoms with E-state index in [4.69, 9.17) is 9.47 Å².